The van der Waals surface area contributed by atoms with Crippen LogP contribution in [0.4, 0.5) is 5.13 Å². The van der Waals surface area contributed by atoms with Crippen LogP contribution in [0.15, 0.2) is 0 Å². The molecule has 1 aromatic heterocycles. The molecule has 2 fully saturated rings. The second-order valence-corrected chi connectivity index (χ2v) is 6.31. The quantitative estimate of drug-likeness (QED) is 0.874. The van der Waals surface area contributed by atoms with Crippen LogP contribution in [-0.2, 0) is 11.2 Å². The van der Waals surface area contributed by atoms with E-state index < -0.39 is 0 Å². The molecule has 2 aliphatic rings. The minimum absolute atomic E-state index is 0.214. The fourth-order valence-electron chi connectivity index (χ4n) is 2.79. The third-order valence-electron chi connectivity index (χ3n) is 4.05. The van der Waals surface area contributed by atoms with Gasteiger partial charge in [0.05, 0.1) is 0 Å². The number of nitrogens with zero attached hydrogens (tertiary/aromatic N) is 3. The molecule has 2 saturated heterocycles. The molecule has 0 atom stereocenters. The molecule has 6 heteroatoms. The lowest BCUT2D eigenvalue weighted by atomic mass is 9.78. The molecule has 0 bridgehead atoms. The van der Waals surface area contributed by atoms with Gasteiger partial charge in [0.2, 0.25) is 11.0 Å². The molecule has 1 spiro atoms. The van der Waals surface area contributed by atoms with Crippen molar-refractivity contribution in [2.75, 3.05) is 24.5 Å². The summed E-state index contributed by atoms with van der Waals surface area (Å²) in [7, 11) is 0. The van der Waals surface area contributed by atoms with Gasteiger partial charge in [0, 0.05) is 26.1 Å². The number of carbonyl (C=O) groups is 1. The van der Waals surface area contributed by atoms with Crippen molar-refractivity contribution in [1.82, 2.24) is 15.5 Å². The number of hydrogen-bond donors (Lipinski definition) is 1. The number of rotatable bonds is 2. The van der Waals surface area contributed by atoms with Gasteiger partial charge in [0.1, 0.15) is 5.01 Å². The fourth-order valence-corrected chi connectivity index (χ4v) is 3.62. The maximum Gasteiger partial charge on any atom is 0.220 e. The van der Waals surface area contributed by atoms with E-state index in [4.69, 9.17) is 0 Å². The van der Waals surface area contributed by atoms with Gasteiger partial charge in [-0.2, -0.15) is 0 Å². The number of amides is 1. The first-order valence-corrected chi connectivity index (χ1v) is 7.36. The maximum atomic E-state index is 11.4. The summed E-state index contributed by atoms with van der Waals surface area (Å²) >= 11 is 1.69. The van der Waals surface area contributed by atoms with Gasteiger partial charge in [-0.15, -0.1) is 10.2 Å². The van der Waals surface area contributed by atoms with Crippen molar-refractivity contribution in [2.24, 2.45) is 5.41 Å². The van der Waals surface area contributed by atoms with Gasteiger partial charge >= 0.3 is 0 Å². The van der Waals surface area contributed by atoms with E-state index >= 15 is 0 Å². The molecule has 5 nitrogen and oxygen atoms in total. The summed E-state index contributed by atoms with van der Waals surface area (Å²) in [6, 6.07) is 0. The summed E-state index contributed by atoms with van der Waals surface area (Å²) in [5, 5.41) is 13.5. The van der Waals surface area contributed by atoms with Gasteiger partial charge in [-0.3, -0.25) is 4.79 Å². The molecule has 98 valence electrons. The highest BCUT2D eigenvalue weighted by Gasteiger charge is 2.41. The number of carbonyl (C=O) groups excluding carboxylic acids is 1. The van der Waals surface area contributed by atoms with Crippen LogP contribution in [0.3, 0.4) is 0 Å². The summed E-state index contributed by atoms with van der Waals surface area (Å²) < 4.78 is 0. The van der Waals surface area contributed by atoms with E-state index in [-0.39, 0.29) is 11.3 Å². The van der Waals surface area contributed by atoms with Crippen molar-refractivity contribution in [2.45, 2.75) is 32.6 Å². The minimum Gasteiger partial charge on any atom is -0.356 e. The third kappa shape index (κ3) is 2.09. The van der Waals surface area contributed by atoms with E-state index in [0.29, 0.717) is 6.42 Å². The second kappa shape index (κ2) is 4.50. The molecule has 0 saturated carbocycles. The molecule has 0 unspecified atom stereocenters. The van der Waals surface area contributed by atoms with Crippen molar-refractivity contribution >= 4 is 22.4 Å². The standard InChI is InChI=1S/C12H18N4OS/c1-2-10-14-15-11(18-10)16-5-3-12(4-6-16)7-9(17)13-8-12/h2-8H2,1H3,(H,13,17). The van der Waals surface area contributed by atoms with Crippen molar-refractivity contribution in [1.29, 1.82) is 0 Å². The first kappa shape index (κ1) is 11.9. The lowest BCUT2D eigenvalue weighted by Gasteiger charge is -2.37. The van der Waals surface area contributed by atoms with Crippen molar-refractivity contribution in [3.63, 3.8) is 0 Å². The zero-order valence-corrected chi connectivity index (χ0v) is 11.4. The molecule has 1 amide bonds. The topological polar surface area (TPSA) is 58.1 Å². The first-order valence-electron chi connectivity index (χ1n) is 6.55. The van der Waals surface area contributed by atoms with E-state index in [9.17, 15) is 4.79 Å². The predicted molar refractivity (Wildman–Crippen MR) is 70.8 cm³/mol. The second-order valence-electron chi connectivity index (χ2n) is 5.27. The average molecular weight is 266 g/mol. The normalized spacial score (nSPS) is 22.5. The Labute approximate surface area is 111 Å². The van der Waals surface area contributed by atoms with E-state index in [0.717, 1.165) is 49.0 Å². The smallest absolute Gasteiger partial charge is 0.220 e. The monoisotopic (exact) mass is 266 g/mol. The molecule has 3 heterocycles. The Bertz CT molecular complexity index is 451. The molecule has 0 aliphatic carbocycles. The van der Waals surface area contributed by atoms with Crippen LogP contribution in [0, 0.1) is 5.41 Å². The van der Waals surface area contributed by atoms with Gasteiger partial charge in [0.25, 0.3) is 0 Å². The van der Waals surface area contributed by atoms with E-state index in [1.54, 1.807) is 11.3 Å². The average Bonchev–Trinajstić information content (AvgIpc) is 2.98. The highest BCUT2D eigenvalue weighted by molar-refractivity contribution is 7.15. The molecule has 1 N–H and O–H groups in total. The van der Waals surface area contributed by atoms with Crippen LogP contribution in [0.1, 0.15) is 31.2 Å². The van der Waals surface area contributed by atoms with Gasteiger partial charge in [0.15, 0.2) is 0 Å². The first-order chi connectivity index (χ1) is 8.71. The number of aromatic nitrogens is 2. The van der Waals surface area contributed by atoms with Crippen molar-refractivity contribution in [3.05, 3.63) is 5.01 Å². The molecular formula is C12H18N4OS. The van der Waals surface area contributed by atoms with Crippen LogP contribution in [-0.4, -0.2) is 35.7 Å². The highest BCUT2D eigenvalue weighted by atomic mass is 32.1. The van der Waals surface area contributed by atoms with Crippen LogP contribution in [0.5, 0.6) is 0 Å². The molecule has 0 aromatic carbocycles. The Hall–Kier alpha value is -1.17. The molecule has 2 aliphatic heterocycles. The molecule has 0 radical (unpaired) electrons. The summed E-state index contributed by atoms with van der Waals surface area (Å²) in [5.74, 6) is 0.215. The maximum absolute atomic E-state index is 11.4. The largest absolute Gasteiger partial charge is 0.356 e. The SMILES string of the molecule is CCc1nnc(N2CCC3(CC2)CNC(=O)C3)s1. The molecule has 1 aromatic rings. The van der Waals surface area contributed by atoms with Crippen LogP contribution in [0.2, 0.25) is 0 Å². The fraction of sp³-hybridized carbons (Fsp3) is 0.750. The Balaban J connectivity index is 1.64. The zero-order valence-electron chi connectivity index (χ0n) is 10.6. The van der Waals surface area contributed by atoms with E-state index in [1.807, 2.05) is 0 Å². The minimum atomic E-state index is 0.214. The summed E-state index contributed by atoms with van der Waals surface area (Å²) in [6.45, 7) is 4.95. The Morgan fingerprint density at radius 2 is 2.17 bits per heavy atom. The van der Waals surface area contributed by atoms with Crippen molar-refractivity contribution < 1.29 is 4.79 Å². The van der Waals surface area contributed by atoms with Crippen LogP contribution in [0.25, 0.3) is 0 Å². The molecule has 3 rings (SSSR count). The lowest BCUT2D eigenvalue weighted by Crippen LogP contribution is -2.41. The Morgan fingerprint density at radius 3 is 2.72 bits per heavy atom. The van der Waals surface area contributed by atoms with Crippen LogP contribution < -0.4 is 10.2 Å². The van der Waals surface area contributed by atoms with Gasteiger partial charge in [-0.1, -0.05) is 18.3 Å². The van der Waals surface area contributed by atoms with Crippen molar-refractivity contribution in [3.8, 4) is 0 Å². The predicted octanol–water partition coefficient (Wildman–Crippen LogP) is 1.21. The summed E-state index contributed by atoms with van der Waals surface area (Å²) in [6.07, 6.45) is 3.81. The summed E-state index contributed by atoms with van der Waals surface area (Å²) in [5.41, 5.74) is 0.214. The Morgan fingerprint density at radius 1 is 1.39 bits per heavy atom. The number of hydrogen-bond acceptors (Lipinski definition) is 5. The molecule has 18 heavy (non-hydrogen) atoms. The zero-order chi connectivity index (χ0) is 12.6. The number of piperidine rings is 1. The number of aryl methyl sites for hydroxylation is 1. The molecular weight excluding hydrogens is 248 g/mol. The van der Waals surface area contributed by atoms with Gasteiger partial charge in [-0.05, 0) is 24.7 Å². The Kier molecular flexibility index (Phi) is 2.97. The number of nitrogens with one attached hydrogen (secondary N) is 1. The highest BCUT2D eigenvalue weighted by Crippen LogP contribution is 2.39. The van der Waals surface area contributed by atoms with Gasteiger partial charge < -0.3 is 10.2 Å². The van der Waals surface area contributed by atoms with Crippen LogP contribution >= 0.6 is 11.3 Å². The summed E-state index contributed by atoms with van der Waals surface area (Å²) in [4.78, 5) is 13.7. The van der Waals surface area contributed by atoms with Gasteiger partial charge in [-0.25, -0.2) is 0 Å². The van der Waals surface area contributed by atoms with E-state index in [2.05, 4.69) is 27.3 Å². The number of anilines is 1. The third-order valence-corrected chi connectivity index (χ3v) is 5.18. The van der Waals surface area contributed by atoms with E-state index in [1.165, 1.54) is 0 Å². The lowest BCUT2D eigenvalue weighted by molar-refractivity contribution is -0.119.